The summed E-state index contributed by atoms with van der Waals surface area (Å²) in [4.78, 5) is 10.3. The quantitative estimate of drug-likeness (QED) is 0.643. The van der Waals surface area contributed by atoms with E-state index < -0.39 is 21.0 Å². The molecule has 1 atom stereocenters. The summed E-state index contributed by atoms with van der Waals surface area (Å²) in [7, 11) is -3.74. The fraction of sp³-hybridized carbons (Fsp3) is 0.250. The number of H-pyrrole nitrogens is 1. The molecule has 0 aliphatic rings. The lowest BCUT2D eigenvalue weighted by Crippen LogP contribution is -2.27. The molecule has 0 spiro atoms. The van der Waals surface area contributed by atoms with Gasteiger partial charge in [0.1, 0.15) is 4.90 Å². The zero-order valence-electron chi connectivity index (χ0n) is 11.4. The molecule has 9 heteroatoms. The zero-order chi connectivity index (χ0) is 15.6. The number of aromatic amines is 1. The number of nitro groups is 1. The number of sulfonamides is 1. The van der Waals surface area contributed by atoms with Gasteiger partial charge < -0.3 is 0 Å². The van der Waals surface area contributed by atoms with Gasteiger partial charge in [0, 0.05) is 18.2 Å². The van der Waals surface area contributed by atoms with Crippen LogP contribution in [0.1, 0.15) is 24.2 Å². The first kappa shape index (κ1) is 15.1. The topological polar surface area (TPSA) is 118 Å². The second-order valence-corrected chi connectivity index (χ2v) is 6.24. The molecule has 2 aromatic rings. The van der Waals surface area contributed by atoms with Gasteiger partial charge in [0.2, 0.25) is 10.0 Å². The maximum atomic E-state index is 12.2. The highest BCUT2D eigenvalue weighted by Gasteiger charge is 2.22. The van der Waals surface area contributed by atoms with E-state index in [2.05, 4.69) is 14.9 Å². The lowest BCUT2D eigenvalue weighted by Gasteiger charge is -2.14. The van der Waals surface area contributed by atoms with Gasteiger partial charge in [-0.1, -0.05) is 12.1 Å². The van der Waals surface area contributed by atoms with E-state index in [1.54, 1.807) is 19.9 Å². The number of aromatic nitrogens is 2. The molecule has 0 fully saturated rings. The molecule has 8 nitrogen and oxygen atoms in total. The summed E-state index contributed by atoms with van der Waals surface area (Å²) in [5.41, 5.74) is 0.848. The fourth-order valence-electron chi connectivity index (χ4n) is 1.88. The maximum absolute atomic E-state index is 12.2. The number of benzene rings is 1. The van der Waals surface area contributed by atoms with Crippen LogP contribution >= 0.6 is 0 Å². The van der Waals surface area contributed by atoms with Crippen molar-refractivity contribution in [1.29, 1.82) is 0 Å². The summed E-state index contributed by atoms with van der Waals surface area (Å²) < 4.78 is 26.9. The summed E-state index contributed by atoms with van der Waals surface area (Å²) in [5.74, 6) is 0. The molecule has 0 saturated carbocycles. The molecule has 0 saturated heterocycles. The highest BCUT2D eigenvalue weighted by atomic mass is 32.2. The van der Waals surface area contributed by atoms with Gasteiger partial charge in [0.15, 0.2) is 0 Å². The second kappa shape index (κ2) is 5.62. The SMILES string of the molecule is Cc1[nH]ncc1S(=O)(=O)NC(C)c1cccc([N+](=O)[O-])c1. The van der Waals surface area contributed by atoms with E-state index in [0.29, 0.717) is 11.3 Å². The molecule has 0 aliphatic heterocycles. The predicted molar refractivity (Wildman–Crippen MR) is 75.2 cm³/mol. The van der Waals surface area contributed by atoms with Gasteiger partial charge in [0.05, 0.1) is 16.8 Å². The number of nitro benzene ring substituents is 1. The van der Waals surface area contributed by atoms with Crippen LogP contribution in [0.15, 0.2) is 35.4 Å². The molecule has 112 valence electrons. The Kier molecular flexibility index (Phi) is 4.05. The van der Waals surface area contributed by atoms with Crippen molar-refractivity contribution in [3.63, 3.8) is 0 Å². The molecule has 0 aliphatic carbocycles. The van der Waals surface area contributed by atoms with E-state index in [1.807, 2.05) is 0 Å². The fourth-order valence-corrected chi connectivity index (χ4v) is 3.25. The smallest absolute Gasteiger partial charge is 0.269 e. The molecule has 1 aromatic heterocycles. The minimum absolute atomic E-state index is 0.0554. The van der Waals surface area contributed by atoms with E-state index in [9.17, 15) is 18.5 Å². The number of nitrogens with zero attached hydrogens (tertiary/aromatic N) is 2. The van der Waals surface area contributed by atoms with Crippen molar-refractivity contribution in [2.75, 3.05) is 0 Å². The Labute approximate surface area is 121 Å². The van der Waals surface area contributed by atoms with Crippen LogP contribution < -0.4 is 4.72 Å². The summed E-state index contributed by atoms with van der Waals surface area (Å²) >= 11 is 0. The first-order valence-electron chi connectivity index (χ1n) is 6.08. The predicted octanol–water partition coefficient (Wildman–Crippen LogP) is 1.67. The van der Waals surface area contributed by atoms with Crippen LogP contribution in [0.2, 0.25) is 0 Å². The van der Waals surface area contributed by atoms with Gasteiger partial charge in [-0.2, -0.15) is 5.10 Å². The first-order valence-corrected chi connectivity index (χ1v) is 7.56. The van der Waals surface area contributed by atoms with Crippen LogP contribution in [0.5, 0.6) is 0 Å². The Morgan fingerprint density at radius 3 is 2.71 bits per heavy atom. The van der Waals surface area contributed by atoms with Crippen molar-refractivity contribution in [2.45, 2.75) is 24.8 Å². The van der Waals surface area contributed by atoms with Crippen LogP contribution in [0.4, 0.5) is 5.69 Å². The highest BCUT2D eigenvalue weighted by Crippen LogP contribution is 2.21. The zero-order valence-corrected chi connectivity index (χ0v) is 12.2. The van der Waals surface area contributed by atoms with Crippen LogP contribution in [-0.4, -0.2) is 23.5 Å². The van der Waals surface area contributed by atoms with Crippen molar-refractivity contribution < 1.29 is 13.3 Å². The molecule has 0 amide bonds. The summed E-state index contributed by atoms with van der Waals surface area (Å²) in [6.45, 7) is 3.21. The molecule has 0 radical (unpaired) electrons. The molecule has 2 rings (SSSR count). The number of rotatable bonds is 5. The molecule has 0 bridgehead atoms. The average molecular weight is 310 g/mol. The molecule has 21 heavy (non-hydrogen) atoms. The number of nitrogens with one attached hydrogen (secondary N) is 2. The largest absolute Gasteiger partial charge is 0.281 e. The van der Waals surface area contributed by atoms with E-state index in [1.165, 1.54) is 24.4 Å². The van der Waals surface area contributed by atoms with Crippen molar-refractivity contribution >= 4 is 15.7 Å². The Morgan fingerprint density at radius 1 is 1.43 bits per heavy atom. The number of hydrogen-bond acceptors (Lipinski definition) is 5. The number of non-ortho nitro benzene ring substituents is 1. The summed E-state index contributed by atoms with van der Waals surface area (Å²) in [6, 6.07) is 5.23. The molecule has 1 unspecified atom stereocenters. The number of aryl methyl sites for hydroxylation is 1. The van der Waals surface area contributed by atoms with Gasteiger partial charge in [0.25, 0.3) is 5.69 Å². The number of hydrogen-bond donors (Lipinski definition) is 2. The van der Waals surface area contributed by atoms with Crippen molar-refractivity contribution in [1.82, 2.24) is 14.9 Å². The molecular weight excluding hydrogens is 296 g/mol. The minimum atomic E-state index is -3.74. The van der Waals surface area contributed by atoms with E-state index in [4.69, 9.17) is 0 Å². The van der Waals surface area contributed by atoms with Crippen LogP contribution in [0, 0.1) is 17.0 Å². The van der Waals surface area contributed by atoms with Gasteiger partial charge in [-0.15, -0.1) is 0 Å². The van der Waals surface area contributed by atoms with Gasteiger partial charge in [-0.05, 0) is 19.4 Å². The Bertz CT molecular complexity index is 769. The normalized spacial score (nSPS) is 13.0. The Hall–Kier alpha value is -2.26. The highest BCUT2D eigenvalue weighted by molar-refractivity contribution is 7.89. The van der Waals surface area contributed by atoms with Crippen LogP contribution in [0.3, 0.4) is 0 Å². The van der Waals surface area contributed by atoms with Gasteiger partial charge in [-0.25, -0.2) is 13.1 Å². The van der Waals surface area contributed by atoms with E-state index >= 15 is 0 Å². The Morgan fingerprint density at radius 2 is 2.14 bits per heavy atom. The van der Waals surface area contributed by atoms with E-state index in [0.717, 1.165) is 0 Å². The van der Waals surface area contributed by atoms with Crippen LogP contribution in [-0.2, 0) is 10.0 Å². The van der Waals surface area contributed by atoms with Gasteiger partial charge >= 0.3 is 0 Å². The standard InChI is InChI=1S/C12H14N4O4S/c1-8(10-4-3-5-11(6-10)16(17)18)15-21(19,20)12-7-13-14-9(12)2/h3-8,15H,1-2H3,(H,13,14). The third-order valence-corrected chi connectivity index (χ3v) is 4.64. The second-order valence-electron chi connectivity index (χ2n) is 4.55. The molecule has 2 N–H and O–H groups in total. The molecule has 1 aromatic carbocycles. The van der Waals surface area contributed by atoms with Crippen molar-refractivity contribution in [3.8, 4) is 0 Å². The average Bonchev–Trinajstić information content (AvgIpc) is 2.85. The van der Waals surface area contributed by atoms with Gasteiger partial charge in [-0.3, -0.25) is 15.2 Å². The minimum Gasteiger partial charge on any atom is -0.281 e. The molecular formula is C12H14N4O4S. The summed E-state index contributed by atoms with van der Waals surface area (Å²) in [6.07, 6.45) is 1.22. The molecule has 1 heterocycles. The lowest BCUT2D eigenvalue weighted by atomic mass is 10.1. The van der Waals surface area contributed by atoms with E-state index in [-0.39, 0.29) is 10.6 Å². The Balaban J connectivity index is 2.26. The monoisotopic (exact) mass is 310 g/mol. The van der Waals surface area contributed by atoms with Crippen molar-refractivity contribution in [3.05, 3.63) is 51.8 Å². The third kappa shape index (κ3) is 3.26. The third-order valence-electron chi connectivity index (χ3n) is 2.99. The maximum Gasteiger partial charge on any atom is 0.269 e. The summed E-state index contributed by atoms with van der Waals surface area (Å²) in [5, 5.41) is 17.0. The first-order chi connectivity index (χ1) is 9.81. The van der Waals surface area contributed by atoms with Crippen molar-refractivity contribution in [2.24, 2.45) is 0 Å². The lowest BCUT2D eigenvalue weighted by molar-refractivity contribution is -0.384. The van der Waals surface area contributed by atoms with Crippen LogP contribution in [0.25, 0.3) is 0 Å².